The summed E-state index contributed by atoms with van der Waals surface area (Å²) in [6.45, 7) is 3.19. The number of halogens is 2. The molecule has 0 bridgehead atoms. The van der Waals surface area contributed by atoms with Crippen molar-refractivity contribution in [2.45, 2.75) is 19.8 Å². The highest BCUT2D eigenvalue weighted by Gasteiger charge is 2.44. The molecule has 2 heterocycles. The van der Waals surface area contributed by atoms with E-state index in [1.165, 1.54) is 0 Å². The fourth-order valence-corrected chi connectivity index (χ4v) is 4.47. The summed E-state index contributed by atoms with van der Waals surface area (Å²) >= 11 is 12.5. The third kappa shape index (κ3) is 3.62. The van der Waals surface area contributed by atoms with Crippen molar-refractivity contribution in [3.8, 4) is 0 Å². The molecular weight excluding hydrogens is 423 g/mol. The molecule has 2 aliphatic rings. The van der Waals surface area contributed by atoms with Gasteiger partial charge in [-0.25, -0.2) is 4.90 Å². The van der Waals surface area contributed by atoms with Crippen molar-refractivity contribution in [1.29, 1.82) is 0 Å². The quantitative estimate of drug-likeness (QED) is 0.714. The van der Waals surface area contributed by atoms with Gasteiger partial charge in [0.05, 0.1) is 21.3 Å². The van der Waals surface area contributed by atoms with E-state index in [2.05, 4.69) is 0 Å². The lowest BCUT2D eigenvalue weighted by molar-refractivity contribution is -0.120. The van der Waals surface area contributed by atoms with E-state index < -0.39 is 11.8 Å². The molecule has 1 N–H and O–H groups in total. The Labute approximate surface area is 185 Å². The molecule has 0 aliphatic carbocycles. The molecule has 0 spiro atoms. The molecule has 1 saturated heterocycles. The average Bonchev–Trinajstić information content (AvgIpc) is 3.01. The van der Waals surface area contributed by atoms with Gasteiger partial charge in [0.25, 0.3) is 11.8 Å². The molecule has 1 atom stereocenters. The molecule has 7 heteroatoms. The Kier molecular flexibility index (Phi) is 5.87. The number of aryl methyl sites for hydroxylation is 1. The molecule has 2 aromatic rings. The molecule has 0 aromatic heterocycles. The Morgan fingerprint density at radius 1 is 1.07 bits per heavy atom. The number of hydrogen-bond donors (Lipinski definition) is 1. The van der Waals surface area contributed by atoms with E-state index >= 15 is 0 Å². The van der Waals surface area contributed by atoms with E-state index in [4.69, 9.17) is 23.2 Å². The second-order valence-electron chi connectivity index (χ2n) is 7.75. The van der Waals surface area contributed by atoms with Gasteiger partial charge in [-0.15, -0.1) is 0 Å². The number of likely N-dealkylation sites (tertiary alicyclic amines) is 1. The SMILES string of the molecule is Cc1ccc(C2=C(N3CCCC(CO)C3)C(=O)N(c3cccc(Cl)c3Cl)C2=O)cc1. The van der Waals surface area contributed by atoms with Crippen molar-refractivity contribution in [3.63, 3.8) is 0 Å². The largest absolute Gasteiger partial charge is 0.396 e. The summed E-state index contributed by atoms with van der Waals surface area (Å²) in [5, 5.41) is 10.1. The van der Waals surface area contributed by atoms with Crippen LogP contribution in [0.5, 0.6) is 0 Å². The Balaban J connectivity index is 1.84. The molecule has 1 unspecified atom stereocenters. The van der Waals surface area contributed by atoms with Crippen LogP contribution in [0.25, 0.3) is 5.57 Å². The number of rotatable bonds is 4. The normalized spacial score (nSPS) is 19.8. The van der Waals surface area contributed by atoms with Gasteiger partial charge in [-0.2, -0.15) is 0 Å². The van der Waals surface area contributed by atoms with E-state index in [0.717, 1.165) is 23.3 Å². The van der Waals surface area contributed by atoms with Crippen molar-refractivity contribution in [3.05, 3.63) is 69.3 Å². The van der Waals surface area contributed by atoms with Gasteiger partial charge < -0.3 is 10.0 Å². The summed E-state index contributed by atoms with van der Waals surface area (Å²) in [5.41, 5.74) is 2.73. The standard InChI is InChI=1S/C23H22Cl2N2O3/c1-14-7-9-16(10-8-14)19-21(26-11-3-4-15(12-26)13-28)23(30)27(22(19)29)18-6-2-5-17(24)20(18)25/h2,5-10,15,28H,3-4,11-13H2,1H3. The topological polar surface area (TPSA) is 60.9 Å². The number of amides is 2. The summed E-state index contributed by atoms with van der Waals surface area (Å²) in [4.78, 5) is 30.1. The fourth-order valence-electron chi connectivity index (χ4n) is 4.09. The average molecular weight is 445 g/mol. The number of anilines is 1. The first-order valence-corrected chi connectivity index (χ1v) is 10.7. The van der Waals surface area contributed by atoms with Crippen LogP contribution in [0.15, 0.2) is 48.2 Å². The van der Waals surface area contributed by atoms with E-state index in [1.807, 2.05) is 36.1 Å². The molecule has 4 rings (SSSR count). The first-order chi connectivity index (χ1) is 14.4. The number of benzene rings is 2. The first-order valence-electron chi connectivity index (χ1n) is 9.92. The van der Waals surface area contributed by atoms with Crippen molar-refractivity contribution in [1.82, 2.24) is 4.90 Å². The van der Waals surface area contributed by atoms with Crippen LogP contribution >= 0.6 is 23.2 Å². The van der Waals surface area contributed by atoms with E-state index in [0.29, 0.717) is 29.9 Å². The van der Waals surface area contributed by atoms with Gasteiger partial charge in [0.2, 0.25) is 0 Å². The minimum atomic E-state index is -0.422. The molecule has 0 radical (unpaired) electrons. The van der Waals surface area contributed by atoms with Crippen LogP contribution in [0, 0.1) is 12.8 Å². The zero-order valence-corrected chi connectivity index (χ0v) is 18.1. The number of carbonyl (C=O) groups is 2. The lowest BCUT2D eigenvalue weighted by Gasteiger charge is -2.34. The Hall–Kier alpha value is -2.34. The maximum Gasteiger partial charge on any atom is 0.282 e. The van der Waals surface area contributed by atoms with Gasteiger partial charge in [-0.3, -0.25) is 9.59 Å². The number of carbonyl (C=O) groups excluding carboxylic acids is 2. The van der Waals surface area contributed by atoms with E-state index in [9.17, 15) is 14.7 Å². The maximum atomic E-state index is 13.6. The van der Waals surface area contributed by atoms with Crippen LogP contribution in [-0.4, -0.2) is 41.5 Å². The molecule has 156 valence electrons. The van der Waals surface area contributed by atoms with Gasteiger partial charge in [-0.05, 0) is 43.4 Å². The van der Waals surface area contributed by atoms with Gasteiger partial charge in [-0.1, -0.05) is 59.1 Å². The lowest BCUT2D eigenvalue weighted by Crippen LogP contribution is -2.40. The summed E-state index contributed by atoms with van der Waals surface area (Å²) in [5.74, 6) is -0.773. The predicted octanol–water partition coefficient (Wildman–Crippen LogP) is 4.29. The van der Waals surface area contributed by atoms with Crippen LogP contribution in [-0.2, 0) is 9.59 Å². The fraction of sp³-hybridized carbons (Fsp3) is 0.304. The Bertz CT molecular complexity index is 1030. The summed E-state index contributed by atoms with van der Waals surface area (Å²) in [7, 11) is 0. The molecule has 2 aromatic carbocycles. The predicted molar refractivity (Wildman–Crippen MR) is 118 cm³/mol. The van der Waals surface area contributed by atoms with E-state index in [1.54, 1.807) is 18.2 Å². The van der Waals surface area contributed by atoms with Crippen molar-refractivity contribution in [2.75, 3.05) is 24.6 Å². The molecule has 2 amide bonds. The lowest BCUT2D eigenvalue weighted by atomic mass is 9.96. The van der Waals surface area contributed by atoms with Crippen LogP contribution in [0.4, 0.5) is 5.69 Å². The molecular formula is C23H22Cl2N2O3. The Morgan fingerprint density at radius 2 is 1.80 bits per heavy atom. The highest BCUT2D eigenvalue weighted by Crippen LogP contribution is 2.40. The van der Waals surface area contributed by atoms with Crippen LogP contribution in [0.2, 0.25) is 10.0 Å². The third-order valence-electron chi connectivity index (χ3n) is 5.67. The smallest absolute Gasteiger partial charge is 0.282 e. The van der Waals surface area contributed by atoms with Crippen molar-refractivity contribution < 1.29 is 14.7 Å². The Morgan fingerprint density at radius 3 is 2.50 bits per heavy atom. The number of hydrogen-bond acceptors (Lipinski definition) is 4. The molecule has 30 heavy (non-hydrogen) atoms. The highest BCUT2D eigenvalue weighted by atomic mass is 35.5. The van der Waals surface area contributed by atoms with Crippen molar-refractivity contribution >= 4 is 46.3 Å². The molecule has 5 nitrogen and oxygen atoms in total. The maximum absolute atomic E-state index is 13.6. The van der Waals surface area contributed by atoms with Gasteiger partial charge in [0, 0.05) is 19.7 Å². The van der Waals surface area contributed by atoms with E-state index in [-0.39, 0.29) is 28.3 Å². The van der Waals surface area contributed by atoms with Crippen LogP contribution < -0.4 is 4.90 Å². The van der Waals surface area contributed by atoms with Crippen molar-refractivity contribution in [2.24, 2.45) is 5.92 Å². The van der Waals surface area contributed by atoms with Crippen LogP contribution in [0.3, 0.4) is 0 Å². The number of nitrogens with zero attached hydrogens (tertiary/aromatic N) is 2. The molecule has 2 aliphatic heterocycles. The summed E-state index contributed by atoms with van der Waals surface area (Å²) in [6, 6.07) is 12.4. The summed E-state index contributed by atoms with van der Waals surface area (Å²) in [6.07, 6.45) is 1.74. The monoisotopic (exact) mass is 444 g/mol. The van der Waals surface area contributed by atoms with Crippen LogP contribution in [0.1, 0.15) is 24.0 Å². The number of imide groups is 1. The van der Waals surface area contributed by atoms with Gasteiger partial charge >= 0.3 is 0 Å². The number of aliphatic hydroxyl groups is 1. The van der Waals surface area contributed by atoms with Gasteiger partial charge in [0.1, 0.15) is 5.70 Å². The number of aliphatic hydroxyl groups excluding tert-OH is 1. The highest BCUT2D eigenvalue weighted by molar-refractivity contribution is 6.49. The molecule has 1 fully saturated rings. The minimum Gasteiger partial charge on any atom is -0.396 e. The minimum absolute atomic E-state index is 0.0512. The zero-order chi connectivity index (χ0) is 21.4. The second kappa shape index (κ2) is 8.42. The number of piperidine rings is 1. The first kappa shape index (κ1) is 20.9. The van der Waals surface area contributed by atoms with Gasteiger partial charge in [0.15, 0.2) is 0 Å². The zero-order valence-electron chi connectivity index (χ0n) is 16.6. The molecule has 0 saturated carbocycles. The third-order valence-corrected chi connectivity index (χ3v) is 6.47. The summed E-state index contributed by atoms with van der Waals surface area (Å²) < 4.78 is 0. The second-order valence-corrected chi connectivity index (χ2v) is 8.53.